The van der Waals surface area contributed by atoms with Gasteiger partial charge in [0.05, 0.1) is 30.7 Å². The molecule has 3 aromatic rings. The first kappa shape index (κ1) is 18.8. The van der Waals surface area contributed by atoms with Crippen molar-refractivity contribution in [3.63, 3.8) is 0 Å². The molecule has 10 heteroatoms. The smallest absolute Gasteiger partial charge is 0.229 e. The third-order valence-corrected chi connectivity index (χ3v) is 4.73. The lowest BCUT2D eigenvalue weighted by atomic mass is 10.2. The van der Waals surface area contributed by atoms with Gasteiger partial charge in [-0.2, -0.15) is 10.1 Å². The van der Waals surface area contributed by atoms with Gasteiger partial charge in [-0.15, -0.1) is 0 Å². The summed E-state index contributed by atoms with van der Waals surface area (Å²) in [5.74, 6) is 3.04. The van der Waals surface area contributed by atoms with Crippen LogP contribution in [0.5, 0.6) is 0 Å². The van der Waals surface area contributed by atoms with Gasteiger partial charge >= 0.3 is 0 Å². The second-order valence-corrected chi connectivity index (χ2v) is 7.25. The van der Waals surface area contributed by atoms with Crippen molar-refractivity contribution in [3.05, 3.63) is 23.7 Å². The summed E-state index contributed by atoms with van der Waals surface area (Å²) in [7, 11) is 3.50. The highest BCUT2D eigenvalue weighted by Gasteiger charge is 2.26. The molecular weight excluding hydrogens is 362 g/mol. The van der Waals surface area contributed by atoms with Crippen molar-refractivity contribution in [2.24, 2.45) is 7.05 Å². The van der Waals surface area contributed by atoms with Gasteiger partial charge in [-0.3, -0.25) is 4.68 Å². The van der Waals surface area contributed by atoms with Crippen molar-refractivity contribution in [2.45, 2.75) is 38.9 Å². The molecule has 1 aliphatic rings. The second kappa shape index (κ2) is 7.80. The molecule has 1 saturated heterocycles. The summed E-state index contributed by atoms with van der Waals surface area (Å²) in [5, 5.41) is 9.23. The van der Waals surface area contributed by atoms with Crippen LogP contribution in [0.2, 0.25) is 0 Å². The highest BCUT2D eigenvalue weighted by Crippen LogP contribution is 2.27. The fraction of sp³-hybridized carbons (Fsp3) is 0.611. The minimum absolute atomic E-state index is 0.0613. The molecule has 0 spiro atoms. The Balaban J connectivity index is 1.57. The lowest BCUT2D eigenvalue weighted by molar-refractivity contribution is 0.0360. The van der Waals surface area contributed by atoms with Crippen molar-refractivity contribution < 1.29 is 14.0 Å². The van der Waals surface area contributed by atoms with Crippen LogP contribution in [0.25, 0.3) is 11.0 Å². The van der Waals surface area contributed by atoms with E-state index in [-0.39, 0.29) is 12.0 Å². The number of ether oxygens (including phenoxy) is 2. The van der Waals surface area contributed by atoms with Crippen LogP contribution < -0.4 is 4.90 Å². The Bertz CT molecular complexity index is 952. The third-order valence-electron chi connectivity index (χ3n) is 4.73. The van der Waals surface area contributed by atoms with Crippen LogP contribution in [-0.2, 0) is 29.5 Å². The lowest BCUT2D eigenvalue weighted by Gasteiger charge is -2.33. The van der Waals surface area contributed by atoms with E-state index in [0.717, 1.165) is 29.2 Å². The number of rotatable bonds is 6. The molecule has 4 heterocycles. The molecule has 0 unspecified atom stereocenters. The number of methoxy groups -OCH3 is 1. The number of fused-ring (bicyclic) bond motifs is 1. The number of nitrogens with zero attached hydrogens (tertiary/aromatic N) is 7. The maximum Gasteiger partial charge on any atom is 0.229 e. The Morgan fingerprint density at radius 1 is 1.29 bits per heavy atom. The highest BCUT2D eigenvalue weighted by molar-refractivity contribution is 5.87. The fourth-order valence-electron chi connectivity index (χ4n) is 3.31. The summed E-state index contributed by atoms with van der Waals surface area (Å²) in [6, 6.07) is 0. The predicted octanol–water partition coefficient (Wildman–Crippen LogP) is 1.46. The number of morpholine rings is 1. The minimum Gasteiger partial charge on any atom is -0.377 e. The molecule has 0 bridgehead atoms. The maximum atomic E-state index is 5.93. The number of aryl methyl sites for hydroxylation is 1. The number of hydrogen-bond donors (Lipinski definition) is 0. The topological polar surface area (TPSA) is 104 Å². The Labute approximate surface area is 162 Å². The van der Waals surface area contributed by atoms with E-state index in [0.29, 0.717) is 37.9 Å². The fourth-order valence-corrected chi connectivity index (χ4v) is 3.31. The summed E-state index contributed by atoms with van der Waals surface area (Å²) >= 11 is 0. The van der Waals surface area contributed by atoms with Crippen molar-refractivity contribution >= 4 is 16.9 Å². The first-order chi connectivity index (χ1) is 13.5. The van der Waals surface area contributed by atoms with Crippen LogP contribution in [0, 0.1) is 0 Å². The summed E-state index contributed by atoms with van der Waals surface area (Å²) in [6.07, 6.45) is 2.31. The van der Waals surface area contributed by atoms with Crippen molar-refractivity contribution in [2.75, 3.05) is 31.7 Å². The second-order valence-electron chi connectivity index (χ2n) is 7.25. The van der Waals surface area contributed by atoms with Gasteiger partial charge in [0.25, 0.3) is 0 Å². The summed E-state index contributed by atoms with van der Waals surface area (Å²) in [4.78, 5) is 16.1. The number of anilines is 1. The maximum absolute atomic E-state index is 5.93. The van der Waals surface area contributed by atoms with Crippen LogP contribution in [0.3, 0.4) is 0 Å². The minimum atomic E-state index is -0.0613. The zero-order chi connectivity index (χ0) is 19.7. The average Bonchev–Trinajstić information content (AvgIpc) is 3.28. The van der Waals surface area contributed by atoms with E-state index in [2.05, 4.69) is 39.0 Å². The van der Waals surface area contributed by atoms with Gasteiger partial charge in [0.2, 0.25) is 5.89 Å². The van der Waals surface area contributed by atoms with Gasteiger partial charge < -0.3 is 18.9 Å². The molecule has 1 aliphatic heterocycles. The third kappa shape index (κ3) is 3.69. The SMILES string of the molecule is COCc1noc(C[C@@H]2CN(c3nc(C(C)C)nc4c3cnn4C)CCO2)n1. The molecule has 0 N–H and O–H groups in total. The van der Waals surface area contributed by atoms with Gasteiger partial charge in [-0.1, -0.05) is 19.0 Å². The molecule has 4 rings (SSSR count). The van der Waals surface area contributed by atoms with E-state index in [4.69, 9.17) is 19.0 Å². The molecule has 28 heavy (non-hydrogen) atoms. The molecule has 150 valence electrons. The Kier molecular flexibility index (Phi) is 5.23. The molecule has 0 radical (unpaired) electrons. The van der Waals surface area contributed by atoms with E-state index in [9.17, 15) is 0 Å². The molecule has 0 saturated carbocycles. The van der Waals surface area contributed by atoms with E-state index in [1.165, 1.54) is 0 Å². The van der Waals surface area contributed by atoms with E-state index in [1.54, 1.807) is 11.8 Å². The monoisotopic (exact) mass is 387 g/mol. The van der Waals surface area contributed by atoms with Crippen molar-refractivity contribution in [3.8, 4) is 0 Å². The van der Waals surface area contributed by atoms with Crippen LogP contribution in [-0.4, -0.2) is 62.8 Å². The van der Waals surface area contributed by atoms with Gasteiger partial charge in [-0.25, -0.2) is 9.97 Å². The molecule has 3 aromatic heterocycles. The predicted molar refractivity (Wildman–Crippen MR) is 101 cm³/mol. The standard InChI is InChI=1S/C18H25N7O3/c1-11(2)16-21-17-13(8-19-24(17)3)18(22-16)25-5-6-27-12(9-25)7-15-20-14(10-26-4)23-28-15/h8,11-12H,5-7,9-10H2,1-4H3/t12-/m1/s1. The lowest BCUT2D eigenvalue weighted by Crippen LogP contribution is -2.44. The highest BCUT2D eigenvalue weighted by atomic mass is 16.5. The molecular formula is C18H25N7O3. The zero-order valence-electron chi connectivity index (χ0n) is 16.6. The Morgan fingerprint density at radius 2 is 2.14 bits per heavy atom. The van der Waals surface area contributed by atoms with Crippen LogP contribution in [0.1, 0.15) is 37.3 Å². The van der Waals surface area contributed by atoms with Gasteiger partial charge in [0.15, 0.2) is 11.5 Å². The quantitative estimate of drug-likeness (QED) is 0.621. The van der Waals surface area contributed by atoms with Crippen LogP contribution >= 0.6 is 0 Å². The van der Waals surface area contributed by atoms with Crippen molar-refractivity contribution in [1.29, 1.82) is 0 Å². The molecule has 1 fully saturated rings. The van der Waals surface area contributed by atoms with Gasteiger partial charge in [-0.05, 0) is 0 Å². The largest absolute Gasteiger partial charge is 0.377 e. The molecule has 1 atom stereocenters. The number of aromatic nitrogens is 6. The normalized spacial score (nSPS) is 17.8. The summed E-state index contributed by atoms with van der Waals surface area (Å²) in [6.45, 7) is 6.56. The molecule has 0 amide bonds. The summed E-state index contributed by atoms with van der Waals surface area (Å²) in [5.41, 5.74) is 0.845. The van der Waals surface area contributed by atoms with Crippen LogP contribution in [0.4, 0.5) is 5.82 Å². The average molecular weight is 387 g/mol. The first-order valence-corrected chi connectivity index (χ1v) is 9.41. The molecule has 0 aromatic carbocycles. The Hall–Kier alpha value is -2.59. The molecule has 10 nitrogen and oxygen atoms in total. The summed E-state index contributed by atoms with van der Waals surface area (Å²) < 4.78 is 18.1. The van der Waals surface area contributed by atoms with E-state index in [1.807, 2.05) is 13.2 Å². The first-order valence-electron chi connectivity index (χ1n) is 9.41. The van der Waals surface area contributed by atoms with Crippen molar-refractivity contribution in [1.82, 2.24) is 29.9 Å². The van der Waals surface area contributed by atoms with E-state index >= 15 is 0 Å². The van der Waals surface area contributed by atoms with Crippen LogP contribution in [0.15, 0.2) is 10.7 Å². The van der Waals surface area contributed by atoms with E-state index < -0.39 is 0 Å². The number of hydrogen-bond acceptors (Lipinski definition) is 9. The molecule has 0 aliphatic carbocycles. The zero-order valence-corrected chi connectivity index (χ0v) is 16.6. The van der Waals surface area contributed by atoms with Gasteiger partial charge in [0, 0.05) is 33.2 Å². The van der Waals surface area contributed by atoms with Gasteiger partial charge in [0.1, 0.15) is 18.2 Å². The Morgan fingerprint density at radius 3 is 2.93 bits per heavy atom.